The molecule has 1 unspecified atom stereocenters. The van der Waals surface area contributed by atoms with Crippen molar-refractivity contribution in [2.45, 2.75) is 29.7 Å². The SMILES string of the molecule is O=C(O)[C@@H]1CSC([C@H](O)[C@@H](O)[C@@H](O)CO)N1. The van der Waals surface area contributed by atoms with Crippen molar-refractivity contribution in [1.29, 1.82) is 0 Å². The second-order valence-electron chi connectivity index (χ2n) is 3.54. The van der Waals surface area contributed by atoms with Crippen LogP contribution in [0.4, 0.5) is 0 Å². The molecule has 1 fully saturated rings. The average Bonchev–Trinajstić information content (AvgIpc) is 2.75. The zero-order chi connectivity index (χ0) is 12.3. The molecule has 0 radical (unpaired) electrons. The maximum atomic E-state index is 10.6. The predicted octanol–water partition coefficient (Wildman–Crippen LogP) is -2.82. The summed E-state index contributed by atoms with van der Waals surface area (Å²) >= 11 is 1.15. The summed E-state index contributed by atoms with van der Waals surface area (Å²) in [5.41, 5.74) is 0. The van der Waals surface area contributed by atoms with E-state index in [9.17, 15) is 15.0 Å². The Balaban J connectivity index is 2.50. The number of carboxylic acids is 1. The van der Waals surface area contributed by atoms with E-state index in [1.165, 1.54) is 0 Å². The van der Waals surface area contributed by atoms with Crippen molar-refractivity contribution >= 4 is 17.7 Å². The van der Waals surface area contributed by atoms with Gasteiger partial charge in [-0.1, -0.05) is 0 Å². The van der Waals surface area contributed by atoms with E-state index < -0.39 is 42.3 Å². The lowest BCUT2D eigenvalue weighted by Crippen LogP contribution is -2.50. The van der Waals surface area contributed by atoms with Gasteiger partial charge in [-0.3, -0.25) is 10.1 Å². The van der Waals surface area contributed by atoms with Gasteiger partial charge in [-0.05, 0) is 0 Å². The highest BCUT2D eigenvalue weighted by molar-refractivity contribution is 8.00. The predicted molar refractivity (Wildman–Crippen MR) is 55.9 cm³/mol. The van der Waals surface area contributed by atoms with Crippen LogP contribution in [0.15, 0.2) is 0 Å². The van der Waals surface area contributed by atoms with Crippen LogP contribution in [0.3, 0.4) is 0 Å². The second-order valence-corrected chi connectivity index (χ2v) is 4.72. The molecule has 16 heavy (non-hydrogen) atoms. The van der Waals surface area contributed by atoms with E-state index in [-0.39, 0.29) is 5.75 Å². The molecule has 0 bridgehead atoms. The highest BCUT2D eigenvalue weighted by Gasteiger charge is 2.38. The molecule has 1 aliphatic rings. The Morgan fingerprint density at radius 1 is 1.44 bits per heavy atom. The Morgan fingerprint density at radius 2 is 2.06 bits per heavy atom. The van der Waals surface area contributed by atoms with Gasteiger partial charge in [0.25, 0.3) is 0 Å². The molecule has 1 rings (SSSR count). The van der Waals surface area contributed by atoms with E-state index in [2.05, 4.69) is 5.32 Å². The minimum Gasteiger partial charge on any atom is -0.480 e. The number of hydrogen-bond donors (Lipinski definition) is 6. The molecular weight excluding hydrogens is 238 g/mol. The first-order chi connectivity index (χ1) is 7.47. The zero-order valence-electron chi connectivity index (χ0n) is 8.35. The van der Waals surface area contributed by atoms with Crippen LogP contribution < -0.4 is 5.32 Å². The molecule has 0 aromatic heterocycles. The molecule has 1 saturated heterocycles. The van der Waals surface area contributed by atoms with Gasteiger partial charge in [0.2, 0.25) is 0 Å². The fourth-order valence-electron chi connectivity index (χ4n) is 1.35. The van der Waals surface area contributed by atoms with Gasteiger partial charge in [-0.2, -0.15) is 0 Å². The van der Waals surface area contributed by atoms with Crippen molar-refractivity contribution in [1.82, 2.24) is 5.32 Å². The second kappa shape index (κ2) is 5.80. The molecule has 0 aliphatic carbocycles. The first kappa shape index (κ1) is 13.7. The maximum absolute atomic E-state index is 10.6. The smallest absolute Gasteiger partial charge is 0.321 e. The monoisotopic (exact) mass is 253 g/mol. The first-order valence-electron chi connectivity index (χ1n) is 4.73. The van der Waals surface area contributed by atoms with Gasteiger partial charge in [0.05, 0.1) is 12.0 Å². The number of carboxylic acid groups (broad SMARTS) is 1. The standard InChI is InChI=1S/C8H15NO6S/c10-1-4(11)5(12)6(13)7-9-3(2-16-7)8(14)15/h3-7,9-13H,1-2H2,(H,14,15)/t3-,4-,5-,6+,7?/m0/s1. The Morgan fingerprint density at radius 3 is 2.50 bits per heavy atom. The Labute approximate surface area is 96.1 Å². The lowest BCUT2D eigenvalue weighted by Gasteiger charge is -2.25. The normalized spacial score (nSPS) is 31.0. The lowest BCUT2D eigenvalue weighted by molar-refractivity contribution is -0.139. The minimum atomic E-state index is -1.51. The third kappa shape index (κ3) is 3.06. The molecule has 1 heterocycles. The van der Waals surface area contributed by atoms with E-state index in [0.29, 0.717) is 0 Å². The Hall–Kier alpha value is -0.380. The number of hydrogen-bond acceptors (Lipinski definition) is 7. The summed E-state index contributed by atoms with van der Waals surface area (Å²) in [6, 6.07) is -0.775. The van der Waals surface area contributed by atoms with Gasteiger partial charge >= 0.3 is 5.97 Å². The van der Waals surface area contributed by atoms with Gasteiger partial charge in [-0.15, -0.1) is 11.8 Å². The number of thioether (sulfide) groups is 1. The van der Waals surface area contributed by atoms with E-state index in [1.807, 2.05) is 0 Å². The van der Waals surface area contributed by atoms with Crippen molar-refractivity contribution < 1.29 is 30.3 Å². The van der Waals surface area contributed by atoms with Crippen molar-refractivity contribution in [3.63, 3.8) is 0 Å². The molecule has 7 nitrogen and oxygen atoms in total. The minimum absolute atomic E-state index is 0.277. The van der Waals surface area contributed by atoms with E-state index in [1.54, 1.807) is 0 Å². The van der Waals surface area contributed by atoms with Crippen LogP contribution in [-0.2, 0) is 4.79 Å². The lowest BCUT2D eigenvalue weighted by atomic mass is 10.1. The Bertz CT molecular complexity index is 253. The van der Waals surface area contributed by atoms with Crippen LogP contribution in [0, 0.1) is 0 Å². The molecule has 5 atom stereocenters. The van der Waals surface area contributed by atoms with Crippen LogP contribution >= 0.6 is 11.8 Å². The maximum Gasteiger partial charge on any atom is 0.321 e. The van der Waals surface area contributed by atoms with Gasteiger partial charge in [0.15, 0.2) is 0 Å². The number of nitrogens with one attached hydrogen (secondary N) is 1. The molecule has 0 aromatic carbocycles. The molecular formula is C8H15NO6S. The Kier molecular flexibility index (Phi) is 4.96. The average molecular weight is 253 g/mol. The molecule has 0 spiro atoms. The topological polar surface area (TPSA) is 130 Å². The summed E-state index contributed by atoms with van der Waals surface area (Å²) < 4.78 is 0. The van der Waals surface area contributed by atoms with Crippen LogP contribution in [0.1, 0.15) is 0 Å². The summed E-state index contributed by atoms with van der Waals surface area (Å²) in [5, 5.41) is 47.4. The number of rotatable bonds is 5. The molecule has 1 aliphatic heterocycles. The molecule has 6 N–H and O–H groups in total. The van der Waals surface area contributed by atoms with Crippen LogP contribution in [-0.4, -0.2) is 73.6 Å². The van der Waals surface area contributed by atoms with Crippen LogP contribution in [0.5, 0.6) is 0 Å². The van der Waals surface area contributed by atoms with E-state index >= 15 is 0 Å². The zero-order valence-corrected chi connectivity index (χ0v) is 9.17. The number of aliphatic hydroxyl groups excluding tert-OH is 4. The van der Waals surface area contributed by atoms with Crippen LogP contribution in [0.2, 0.25) is 0 Å². The first-order valence-corrected chi connectivity index (χ1v) is 5.77. The van der Waals surface area contributed by atoms with Gasteiger partial charge in [-0.25, -0.2) is 0 Å². The number of aliphatic hydroxyl groups is 4. The van der Waals surface area contributed by atoms with Crippen molar-refractivity contribution in [2.24, 2.45) is 0 Å². The molecule has 0 saturated carbocycles. The van der Waals surface area contributed by atoms with Gasteiger partial charge in [0, 0.05) is 5.75 Å². The molecule has 0 amide bonds. The van der Waals surface area contributed by atoms with Gasteiger partial charge in [0.1, 0.15) is 24.4 Å². The van der Waals surface area contributed by atoms with Crippen molar-refractivity contribution in [3.8, 4) is 0 Å². The van der Waals surface area contributed by atoms with Crippen molar-refractivity contribution in [3.05, 3.63) is 0 Å². The quantitative estimate of drug-likeness (QED) is 0.309. The van der Waals surface area contributed by atoms with Crippen LogP contribution in [0.25, 0.3) is 0 Å². The third-order valence-corrected chi connectivity index (χ3v) is 3.65. The largest absolute Gasteiger partial charge is 0.480 e. The highest BCUT2D eigenvalue weighted by atomic mass is 32.2. The van der Waals surface area contributed by atoms with Gasteiger partial charge < -0.3 is 25.5 Å². The number of carbonyl (C=O) groups is 1. The van der Waals surface area contributed by atoms with Crippen molar-refractivity contribution in [2.75, 3.05) is 12.4 Å². The van der Waals surface area contributed by atoms with E-state index in [4.69, 9.17) is 15.3 Å². The summed E-state index contributed by atoms with van der Waals surface area (Å²) in [6.45, 7) is -0.669. The summed E-state index contributed by atoms with van der Waals surface area (Å²) in [5.74, 6) is -0.752. The fraction of sp³-hybridized carbons (Fsp3) is 0.875. The number of aliphatic carboxylic acids is 1. The summed E-state index contributed by atoms with van der Waals surface area (Å²) in [7, 11) is 0. The molecule has 8 heteroatoms. The summed E-state index contributed by atoms with van der Waals surface area (Å²) in [6.07, 6.45) is -4.29. The molecule has 0 aromatic rings. The van der Waals surface area contributed by atoms with E-state index in [0.717, 1.165) is 11.8 Å². The molecule has 94 valence electrons. The summed E-state index contributed by atoms with van der Waals surface area (Å²) in [4.78, 5) is 10.6. The fourth-order valence-corrected chi connectivity index (χ4v) is 2.61. The highest BCUT2D eigenvalue weighted by Crippen LogP contribution is 2.24. The third-order valence-electron chi connectivity index (χ3n) is 2.35.